The average Bonchev–Trinajstić information content (AvgIpc) is 2.74. The molecule has 0 radical (unpaired) electrons. The van der Waals surface area contributed by atoms with Crippen LogP contribution < -0.4 is 10.6 Å². The van der Waals surface area contributed by atoms with E-state index in [9.17, 15) is 14.0 Å². The van der Waals surface area contributed by atoms with Crippen LogP contribution in [0.3, 0.4) is 0 Å². The summed E-state index contributed by atoms with van der Waals surface area (Å²) in [5.74, 6) is -1.59. The second-order valence-corrected chi connectivity index (χ2v) is 7.07. The molecular formula is C22H25FN2O3. The number of hydrogen-bond donors (Lipinski definition) is 2. The van der Waals surface area contributed by atoms with E-state index in [0.29, 0.717) is 45.6 Å². The molecule has 1 aliphatic heterocycles. The zero-order valence-corrected chi connectivity index (χ0v) is 15.7. The molecule has 0 saturated carbocycles. The number of rotatable bonds is 6. The Kier molecular flexibility index (Phi) is 6.76. The summed E-state index contributed by atoms with van der Waals surface area (Å²) < 4.78 is 18.7. The summed E-state index contributed by atoms with van der Waals surface area (Å²) in [4.78, 5) is 24.3. The Morgan fingerprint density at radius 3 is 2.25 bits per heavy atom. The van der Waals surface area contributed by atoms with Crippen LogP contribution in [0, 0.1) is 5.82 Å². The lowest BCUT2D eigenvalue weighted by Gasteiger charge is -2.37. The molecule has 28 heavy (non-hydrogen) atoms. The Labute approximate surface area is 164 Å². The van der Waals surface area contributed by atoms with Gasteiger partial charge in [-0.2, -0.15) is 0 Å². The van der Waals surface area contributed by atoms with Crippen LogP contribution in [0.25, 0.3) is 0 Å². The molecule has 1 saturated heterocycles. The first-order valence-electron chi connectivity index (χ1n) is 9.53. The molecule has 0 atom stereocenters. The van der Waals surface area contributed by atoms with Gasteiger partial charge >= 0.3 is 11.8 Å². The number of benzene rings is 2. The standard InChI is InChI=1S/C22H25FN2O3/c23-19-8-6-18(7-9-19)22(11-14-28-15-12-22)16-25-21(27)20(26)24-13-10-17-4-2-1-3-5-17/h1-9H,10-16H2,(H,24,26)(H,25,27). The van der Waals surface area contributed by atoms with E-state index in [0.717, 1.165) is 11.1 Å². The van der Waals surface area contributed by atoms with Gasteiger partial charge in [0.25, 0.3) is 0 Å². The van der Waals surface area contributed by atoms with Gasteiger partial charge in [-0.25, -0.2) is 4.39 Å². The highest BCUT2D eigenvalue weighted by Gasteiger charge is 2.35. The Bertz CT molecular complexity index is 787. The number of nitrogens with one attached hydrogen (secondary N) is 2. The summed E-state index contributed by atoms with van der Waals surface area (Å²) in [6.07, 6.45) is 2.07. The molecule has 2 N–H and O–H groups in total. The van der Waals surface area contributed by atoms with Crippen molar-refractivity contribution < 1.29 is 18.7 Å². The predicted octanol–water partition coefficient (Wildman–Crippen LogP) is 2.35. The van der Waals surface area contributed by atoms with E-state index in [2.05, 4.69) is 10.6 Å². The fraction of sp³-hybridized carbons (Fsp3) is 0.364. The molecule has 2 amide bonds. The highest BCUT2D eigenvalue weighted by atomic mass is 19.1. The SMILES string of the molecule is O=C(NCCc1ccccc1)C(=O)NCC1(c2ccc(F)cc2)CCOCC1. The molecule has 0 unspecified atom stereocenters. The lowest BCUT2D eigenvalue weighted by molar-refractivity contribution is -0.139. The van der Waals surface area contributed by atoms with Crippen molar-refractivity contribution in [2.24, 2.45) is 0 Å². The summed E-state index contributed by atoms with van der Waals surface area (Å²) in [5.41, 5.74) is 1.69. The first kappa shape index (κ1) is 20.0. The Hall–Kier alpha value is -2.73. The van der Waals surface area contributed by atoms with Crippen molar-refractivity contribution in [2.45, 2.75) is 24.7 Å². The maximum Gasteiger partial charge on any atom is 0.309 e. The van der Waals surface area contributed by atoms with Gasteiger partial charge in [-0.05, 0) is 42.5 Å². The third-order valence-electron chi connectivity index (χ3n) is 5.24. The molecule has 1 aliphatic rings. The highest BCUT2D eigenvalue weighted by Crippen LogP contribution is 2.34. The topological polar surface area (TPSA) is 67.4 Å². The van der Waals surface area contributed by atoms with Gasteiger partial charge in [-0.3, -0.25) is 9.59 Å². The smallest absolute Gasteiger partial charge is 0.309 e. The maximum absolute atomic E-state index is 13.3. The lowest BCUT2D eigenvalue weighted by atomic mass is 9.74. The summed E-state index contributed by atoms with van der Waals surface area (Å²) >= 11 is 0. The second kappa shape index (κ2) is 9.46. The monoisotopic (exact) mass is 384 g/mol. The normalized spacial score (nSPS) is 15.6. The van der Waals surface area contributed by atoms with Gasteiger partial charge in [0.2, 0.25) is 0 Å². The molecule has 0 aromatic heterocycles. The van der Waals surface area contributed by atoms with E-state index in [1.54, 1.807) is 12.1 Å². The third kappa shape index (κ3) is 5.16. The maximum atomic E-state index is 13.3. The highest BCUT2D eigenvalue weighted by molar-refractivity contribution is 6.35. The van der Waals surface area contributed by atoms with Crippen molar-refractivity contribution in [1.82, 2.24) is 10.6 Å². The molecule has 0 bridgehead atoms. The summed E-state index contributed by atoms with van der Waals surface area (Å²) in [6, 6.07) is 16.1. The van der Waals surface area contributed by atoms with Gasteiger partial charge in [-0.15, -0.1) is 0 Å². The quantitative estimate of drug-likeness (QED) is 0.752. The second-order valence-electron chi connectivity index (χ2n) is 7.07. The van der Waals surface area contributed by atoms with Crippen molar-refractivity contribution in [2.75, 3.05) is 26.3 Å². The van der Waals surface area contributed by atoms with Crippen LogP contribution in [0.1, 0.15) is 24.0 Å². The van der Waals surface area contributed by atoms with Gasteiger partial charge in [0.1, 0.15) is 5.82 Å². The van der Waals surface area contributed by atoms with E-state index in [4.69, 9.17) is 4.74 Å². The third-order valence-corrected chi connectivity index (χ3v) is 5.24. The number of ether oxygens (including phenoxy) is 1. The van der Waals surface area contributed by atoms with E-state index < -0.39 is 11.8 Å². The zero-order valence-electron chi connectivity index (χ0n) is 15.7. The van der Waals surface area contributed by atoms with Gasteiger partial charge < -0.3 is 15.4 Å². The van der Waals surface area contributed by atoms with E-state index in [-0.39, 0.29) is 11.2 Å². The Morgan fingerprint density at radius 1 is 0.929 bits per heavy atom. The molecule has 1 fully saturated rings. The molecule has 0 aliphatic carbocycles. The van der Waals surface area contributed by atoms with Crippen LogP contribution in [0.15, 0.2) is 54.6 Å². The van der Waals surface area contributed by atoms with Gasteiger partial charge in [0.05, 0.1) is 0 Å². The average molecular weight is 384 g/mol. The van der Waals surface area contributed by atoms with Crippen molar-refractivity contribution >= 4 is 11.8 Å². The minimum Gasteiger partial charge on any atom is -0.381 e. The fourth-order valence-electron chi connectivity index (χ4n) is 3.51. The molecular weight excluding hydrogens is 359 g/mol. The number of carbonyl (C=O) groups excluding carboxylic acids is 2. The Morgan fingerprint density at radius 2 is 1.57 bits per heavy atom. The molecule has 5 nitrogen and oxygen atoms in total. The van der Waals surface area contributed by atoms with Crippen molar-refractivity contribution in [3.63, 3.8) is 0 Å². The van der Waals surface area contributed by atoms with Gasteiger partial charge in [0, 0.05) is 31.7 Å². The van der Waals surface area contributed by atoms with Crippen LogP contribution in [0.2, 0.25) is 0 Å². The minimum absolute atomic E-state index is 0.298. The summed E-state index contributed by atoms with van der Waals surface area (Å²) in [5, 5.41) is 5.41. The first-order chi connectivity index (χ1) is 13.6. The van der Waals surface area contributed by atoms with E-state index >= 15 is 0 Å². The molecule has 148 valence electrons. The van der Waals surface area contributed by atoms with Crippen molar-refractivity contribution in [3.05, 3.63) is 71.5 Å². The number of carbonyl (C=O) groups is 2. The number of hydrogen-bond acceptors (Lipinski definition) is 3. The van der Waals surface area contributed by atoms with Gasteiger partial charge in [-0.1, -0.05) is 42.5 Å². The molecule has 2 aromatic rings. The summed E-state index contributed by atoms with van der Waals surface area (Å²) in [7, 11) is 0. The summed E-state index contributed by atoms with van der Waals surface area (Å²) in [6.45, 7) is 1.84. The molecule has 0 spiro atoms. The molecule has 2 aromatic carbocycles. The molecule has 1 heterocycles. The Balaban J connectivity index is 1.54. The first-order valence-corrected chi connectivity index (χ1v) is 9.53. The van der Waals surface area contributed by atoms with Gasteiger partial charge in [0.15, 0.2) is 0 Å². The zero-order chi connectivity index (χ0) is 19.8. The van der Waals surface area contributed by atoms with Crippen LogP contribution in [0.5, 0.6) is 0 Å². The largest absolute Gasteiger partial charge is 0.381 e. The van der Waals surface area contributed by atoms with E-state index in [1.807, 2.05) is 30.3 Å². The van der Waals surface area contributed by atoms with Crippen LogP contribution in [-0.4, -0.2) is 38.1 Å². The van der Waals surface area contributed by atoms with E-state index in [1.165, 1.54) is 12.1 Å². The number of halogens is 1. The van der Waals surface area contributed by atoms with Crippen LogP contribution in [-0.2, 0) is 26.2 Å². The van der Waals surface area contributed by atoms with Crippen LogP contribution >= 0.6 is 0 Å². The van der Waals surface area contributed by atoms with Crippen molar-refractivity contribution in [1.29, 1.82) is 0 Å². The van der Waals surface area contributed by atoms with Crippen LogP contribution in [0.4, 0.5) is 4.39 Å². The fourth-order valence-corrected chi connectivity index (χ4v) is 3.51. The lowest BCUT2D eigenvalue weighted by Crippen LogP contribution is -2.48. The predicted molar refractivity (Wildman–Crippen MR) is 104 cm³/mol. The van der Waals surface area contributed by atoms with Crippen molar-refractivity contribution in [3.8, 4) is 0 Å². The number of amides is 2. The molecule has 3 rings (SSSR count). The minimum atomic E-state index is -0.652. The molecule has 6 heteroatoms.